The number of carbonyl (C=O) groups excluding carboxylic acids is 1. The number of ether oxygens (including phenoxy) is 8. The van der Waals surface area contributed by atoms with Crippen molar-refractivity contribution in [3.05, 3.63) is 70.3 Å². The van der Waals surface area contributed by atoms with Gasteiger partial charge in [0.05, 0.1) is 67.9 Å². The zero-order valence-corrected chi connectivity index (χ0v) is 46.7. The summed E-state index contributed by atoms with van der Waals surface area (Å²) in [5.41, 5.74) is 4.22. The lowest BCUT2D eigenvalue weighted by molar-refractivity contribution is -0.308. The molecule has 1 unspecified atom stereocenters. The van der Waals surface area contributed by atoms with Crippen LogP contribution in [0.25, 0.3) is 0 Å². The Morgan fingerprint density at radius 2 is 1.51 bits per heavy atom. The molecule has 2 saturated heterocycles. The molecule has 398 valence electrons. The number of aryl methyl sites for hydroxylation is 3. The zero-order valence-electron chi connectivity index (χ0n) is 45.7. The van der Waals surface area contributed by atoms with Gasteiger partial charge in [0.25, 0.3) is 0 Å². The third-order valence-electron chi connectivity index (χ3n) is 15.7. The molecule has 0 bridgehead atoms. The second-order valence-electron chi connectivity index (χ2n) is 21.1. The average Bonchev–Trinajstić information content (AvgIpc) is 3.32. The number of methoxy groups -OCH3 is 1. The van der Waals surface area contributed by atoms with Crippen LogP contribution in [-0.4, -0.2) is 124 Å². The van der Waals surface area contributed by atoms with E-state index in [1.165, 1.54) is 14.0 Å². The summed E-state index contributed by atoms with van der Waals surface area (Å²) < 4.78 is 59.5. The number of aliphatic hydroxyl groups is 1. The van der Waals surface area contributed by atoms with E-state index in [1.54, 1.807) is 0 Å². The maximum absolute atomic E-state index is 12.9. The minimum absolute atomic E-state index is 0.0685. The van der Waals surface area contributed by atoms with E-state index in [1.807, 2.05) is 70.1 Å². The minimum Gasteiger partial charge on any atom is -0.481 e. The molecule has 4 rings (SSSR count). The first-order chi connectivity index (χ1) is 33.0. The summed E-state index contributed by atoms with van der Waals surface area (Å²) in [6.45, 7) is 29.4. The molecule has 2 aromatic carbocycles. The Hall–Kier alpha value is -2.96. The minimum atomic E-state index is -2.54. The van der Waals surface area contributed by atoms with Crippen molar-refractivity contribution < 1.29 is 62.1 Å². The van der Waals surface area contributed by atoms with Crippen molar-refractivity contribution in [2.75, 3.05) is 28.0 Å². The predicted molar refractivity (Wildman–Crippen MR) is 274 cm³/mol. The third kappa shape index (κ3) is 14.8. The number of aliphatic hydroxyl groups excluding tert-OH is 1. The maximum atomic E-state index is 12.9. The van der Waals surface area contributed by atoms with Gasteiger partial charge in [-0.1, -0.05) is 103 Å². The normalized spacial score (nSPS) is 27.1. The van der Waals surface area contributed by atoms with Crippen LogP contribution in [0.1, 0.15) is 130 Å². The van der Waals surface area contributed by atoms with Gasteiger partial charge in [0, 0.05) is 23.3 Å². The molecule has 0 spiro atoms. The largest absolute Gasteiger partial charge is 0.508 e. The molecule has 0 aromatic heterocycles. The van der Waals surface area contributed by atoms with Gasteiger partial charge in [0.15, 0.2) is 27.0 Å². The van der Waals surface area contributed by atoms with Gasteiger partial charge in [-0.2, -0.15) is 0 Å². The van der Waals surface area contributed by atoms with E-state index in [2.05, 4.69) is 81.4 Å². The van der Waals surface area contributed by atoms with E-state index >= 15 is 0 Å². The molecule has 2 aromatic rings. The molecule has 15 heteroatoms. The molecule has 0 aliphatic carbocycles. The lowest BCUT2D eigenvalue weighted by Crippen LogP contribution is -2.62. The van der Waals surface area contributed by atoms with Crippen LogP contribution in [-0.2, 0) is 53.7 Å². The highest BCUT2D eigenvalue weighted by molar-refractivity contribution is 6.73. The lowest BCUT2D eigenvalue weighted by Gasteiger charge is -2.52. The molecule has 0 radical (unpaired) electrons. The van der Waals surface area contributed by atoms with Crippen LogP contribution in [0.5, 0.6) is 0 Å². The zero-order chi connectivity index (χ0) is 52.2. The molecule has 2 N–H and O–H groups in total. The predicted octanol–water partition coefficient (Wildman–Crippen LogP) is 10.8. The Morgan fingerprint density at radius 1 is 0.914 bits per heavy atom. The van der Waals surface area contributed by atoms with Gasteiger partial charge in [-0.3, -0.25) is 4.79 Å². The average molecular weight is 1000 g/mol. The Morgan fingerprint density at radius 3 is 2.06 bits per heavy atom. The highest BCUT2D eigenvalue weighted by atomic mass is 28.4. The number of likely N-dealkylation sites (N-methyl/N-ethyl adjacent to an activating group) is 1. The maximum Gasteiger partial charge on any atom is 0.508 e. The van der Waals surface area contributed by atoms with Crippen molar-refractivity contribution in [1.82, 2.24) is 4.90 Å². The van der Waals surface area contributed by atoms with Gasteiger partial charge < -0.3 is 57.4 Å². The number of hydrogen-bond acceptors (Lipinski definition) is 13. The number of carboxylic acids is 1. The Balaban J connectivity index is 1.86. The van der Waals surface area contributed by atoms with Crippen molar-refractivity contribution in [2.24, 2.45) is 29.6 Å². The number of nitrogens with zero attached hydrogens (tertiary/aromatic N) is 1. The topological polar surface area (TPSA) is 161 Å². The first kappa shape index (κ1) is 59.6. The van der Waals surface area contributed by atoms with Gasteiger partial charge in [0.1, 0.15) is 6.79 Å². The summed E-state index contributed by atoms with van der Waals surface area (Å²) in [4.78, 5) is 27.5. The number of hydrogen-bond donors (Lipinski definition) is 2. The molecular formula is C55H91NO13Si. The van der Waals surface area contributed by atoms with Gasteiger partial charge in [-0.15, -0.1) is 0 Å². The van der Waals surface area contributed by atoms with E-state index in [4.69, 9.17) is 42.3 Å². The van der Waals surface area contributed by atoms with Gasteiger partial charge in [0.2, 0.25) is 0 Å². The summed E-state index contributed by atoms with van der Waals surface area (Å²) in [6, 6.07) is 16.5. The number of aliphatic carboxylic acids is 1. The number of benzene rings is 2. The molecule has 2 fully saturated rings. The van der Waals surface area contributed by atoms with Gasteiger partial charge in [-0.05, 0) is 116 Å². The van der Waals surface area contributed by atoms with Crippen LogP contribution >= 0.6 is 0 Å². The van der Waals surface area contributed by atoms with Crippen LogP contribution in [0, 0.1) is 50.4 Å². The van der Waals surface area contributed by atoms with E-state index < -0.39 is 68.8 Å². The molecular weight excluding hydrogens is 911 g/mol. The molecule has 0 amide bonds. The van der Waals surface area contributed by atoms with Crippen LogP contribution in [0.3, 0.4) is 0 Å². The lowest BCUT2D eigenvalue weighted by atomic mass is 9.74. The monoisotopic (exact) mass is 1000 g/mol. The summed E-state index contributed by atoms with van der Waals surface area (Å²) >= 11 is 0. The van der Waals surface area contributed by atoms with Crippen molar-refractivity contribution in [1.29, 1.82) is 0 Å². The van der Waals surface area contributed by atoms with Crippen LogP contribution in [0.4, 0.5) is 4.79 Å². The van der Waals surface area contributed by atoms with Crippen molar-refractivity contribution in [2.45, 2.75) is 208 Å². The van der Waals surface area contributed by atoms with Crippen LogP contribution in [0.15, 0.2) is 42.5 Å². The van der Waals surface area contributed by atoms with Crippen LogP contribution < -0.4 is 0 Å². The van der Waals surface area contributed by atoms with E-state index in [0.29, 0.717) is 19.4 Å². The van der Waals surface area contributed by atoms with Gasteiger partial charge in [-0.25, -0.2) is 4.79 Å². The SMILES string of the molecule is CC[C@@H](OCOCc1ccccc1)[C@H](C)[C@@H]1OC(c2c(C)cc(C)cc2C)O[C@@H]([C@H](C)C[C@@](C)(O[Si](CC)(CC)CC)[C@H](O[C@@H]2O[C@@H](C)C[C@@H](N(C)C)[C@H]2OC(=O)OC)[C@@H](C)[C@H](O)[C@@H](C)C(=O)O)[C@@H]1C. The number of carbonyl (C=O) groups is 2. The molecule has 2 aliphatic rings. The first-order valence-electron chi connectivity index (χ1n) is 25.9. The third-order valence-corrected chi connectivity index (χ3v) is 20.4. The molecule has 2 aliphatic heterocycles. The summed E-state index contributed by atoms with van der Waals surface area (Å²) in [7, 11) is 2.54. The smallest absolute Gasteiger partial charge is 0.481 e. The van der Waals surface area contributed by atoms with Crippen molar-refractivity contribution >= 4 is 20.4 Å². The summed E-state index contributed by atoms with van der Waals surface area (Å²) in [5.74, 6) is -3.51. The fourth-order valence-corrected chi connectivity index (χ4v) is 14.7. The molecule has 14 nitrogen and oxygen atoms in total. The molecule has 0 saturated carbocycles. The van der Waals surface area contributed by atoms with Crippen molar-refractivity contribution in [3.63, 3.8) is 0 Å². The highest BCUT2D eigenvalue weighted by Crippen LogP contribution is 2.47. The number of rotatable bonds is 26. The van der Waals surface area contributed by atoms with E-state index in [-0.39, 0.29) is 55.0 Å². The van der Waals surface area contributed by atoms with E-state index in [9.17, 15) is 19.8 Å². The van der Waals surface area contributed by atoms with Crippen LogP contribution in [0.2, 0.25) is 18.1 Å². The van der Waals surface area contributed by atoms with Crippen molar-refractivity contribution in [3.8, 4) is 0 Å². The second kappa shape index (κ2) is 26.8. The standard InChI is InChI=1S/C55H91NO13Si/c1-18-44(63-32-62-31-42-25-23-22-24-26-42)38(10)48-41(13)47(65-52(66-48)45-34(6)27-33(5)28-35(45)7)36(8)30-55(14,69-70(19-2,20-3)21-4)50(39(11)46(57)40(12)51(58)59)68-53-49(67-54(60)61-17)43(56(15)16)29-37(9)64-53/h22-28,36-41,43-44,46-50,52-53,57H,18-21,29-32H2,1-17H3,(H,58,59)/t36-,37+,38+,39+,40-,41+,43-,44-,46+,47+,48+,49-,50-,52?,53+,55-/m1/s1. The Labute approximate surface area is 421 Å². The summed E-state index contributed by atoms with van der Waals surface area (Å²) in [5, 5.41) is 22.4. The first-order valence-corrected chi connectivity index (χ1v) is 28.5. The second-order valence-corrected chi connectivity index (χ2v) is 25.8. The van der Waals surface area contributed by atoms with Gasteiger partial charge >= 0.3 is 12.1 Å². The molecule has 70 heavy (non-hydrogen) atoms. The Bertz CT molecular complexity index is 1890. The summed E-state index contributed by atoms with van der Waals surface area (Å²) in [6.07, 6.45) is -5.44. The highest BCUT2D eigenvalue weighted by Gasteiger charge is 2.54. The fraction of sp³-hybridized carbons (Fsp3) is 0.745. The fourth-order valence-electron chi connectivity index (χ4n) is 11.5. The Kier molecular flexibility index (Phi) is 22.8. The number of carboxylic acid groups (broad SMARTS) is 1. The molecule has 16 atom stereocenters. The quantitative estimate of drug-likeness (QED) is 0.0396. The molecule has 2 heterocycles. The van der Waals surface area contributed by atoms with E-state index in [0.717, 1.165) is 52.4 Å².